The number of hydrazine groups is 1. The Kier molecular flexibility index (Phi) is 5.01. The van der Waals surface area contributed by atoms with Crippen LogP contribution in [-0.4, -0.2) is 28.5 Å². The lowest BCUT2D eigenvalue weighted by molar-refractivity contribution is 0.0949. The SMILES string of the molecule is COc1ccc(OC)c(S(=O)(=O)NNC(=O)c2cccs2)c1. The molecule has 22 heavy (non-hydrogen) atoms. The quantitative estimate of drug-likeness (QED) is 0.774. The van der Waals surface area contributed by atoms with Crippen molar-refractivity contribution in [3.8, 4) is 11.5 Å². The molecule has 9 heteroatoms. The Balaban J connectivity index is 2.21. The molecule has 1 amide bonds. The van der Waals surface area contributed by atoms with Gasteiger partial charge in [0.2, 0.25) is 0 Å². The summed E-state index contributed by atoms with van der Waals surface area (Å²) in [5.41, 5.74) is 2.15. The van der Waals surface area contributed by atoms with Crippen molar-refractivity contribution >= 4 is 27.3 Å². The van der Waals surface area contributed by atoms with Crippen LogP contribution in [0, 0.1) is 0 Å². The van der Waals surface area contributed by atoms with Gasteiger partial charge in [-0.1, -0.05) is 6.07 Å². The minimum Gasteiger partial charge on any atom is -0.497 e. The number of amides is 1. The van der Waals surface area contributed by atoms with Crippen LogP contribution < -0.4 is 19.7 Å². The topological polar surface area (TPSA) is 93.7 Å². The van der Waals surface area contributed by atoms with E-state index in [1.54, 1.807) is 23.6 Å². The van der Waals surface area contributed by atoms with Gasteiger partial charge in [-0.05, 0) is 23.6 Å². The maximum absolute atomic E-state index is 12.3. The van der Waals surface area contributed by atoms with Crippen molar-refractivity contribution in [1.29, 1.82) is 0 Å². The minimum absolute atomic E-state index is 0.138. The van der Waals surface area contributed by atoms with Crippen LogP contribution >= 0.6 is 11.3 Å². The second kappa shape index (κ2) is 6.77. The molecular formula is C13H14N2O5S2. The summed E-state index contributed by atoms with van der Waals surface area (Å²) in [5.74, 6) is -0.0510. The van der Waals surface area contributed by atoms with Crippen LogP contribution in [0.1, 0.15) is 9.67 Å². The second-order valence-electron chi connectivity index (χ2n) is 4.05. The van der Waals surface area contributed by atoms with Gasteiger partial charge in [-0.2, -0.15) is 0 Å². The molecule has 7 nitrogen and oxygen atoms in total. The summed E-state index contributed by atoms with van der Waals surface area (Å²) in [6.45, 7) is 0. The number of thiophene rings is 1. The van der Waals surface area contributed by atoms with Gasteiger partial charge in [0, 0.05) is 6.07 Å². The van der Waals surface area contributed by atoms with E-state index in [9.17, 15) is 13.2 Å². The smallest absolute Gasteiger partial charge is 0.276 e. The van der Waals surface area contributed by atoms with E-state index in [0.717, 1.165) is 0 Å². The van der Waals surface area contributed by atoms with Crippen LogP contribution in [-0.2, 0) is 10.0 Å². The molecule has 118 valence electrons. The number of ether oxygens (including phenoxy) is 2. The third kappa shape index (κ3) is 3.56. The molecule has 0 unspecified atom stereocenters. The molecule has 1 heterocycles. The van der Waals surface area contributed by atoms with Gasteiger partial charge in [0.05, 0.1) is 19.1 Å². The van der Waals surface area contributed by atoms with Crippen molar-refractivity contribution in [2.45, 2.75) is 4.90 Å². The Bertz CT molecular complexity index is 757. The van der Waals surface area contributed by atoms with E-state index in [1.165, 1.54) is 37.7 Å². The Morgan fingerprint density at radius 1 is 1.18 bits per heavy atom. The molecule has 2 N–H and O–H groups in total. The average molecular weight is 342 g/mol. The molecule has 0 fully saturated rings. The Morgan fingerprint density at radius 3 is 2.55 bits per heavy atom. The standard InChI is InChI=1S/C13H14N2O5S2/c1-19-9-5-6-10(20-2)12(8-9)22(17,18)15-14-13(16)11-4-3-7-21-11/h3-8,15H,1-2H3,(H,14,16). The van der Waals surface area contributed by atoms with Crippen molar-refractivity contribution < 1.29 is 22.7 Å². The van der Waals surface area contributed by atoms with Crippen molar-refractivity contribution in [3.05, 3.63) is 40.6 Å². The maximum Gasteiger partial charge on any atom is 0.276 e. The van der Waals surface area contributed by atoms with Gasteiger partial charge >= 0.3 is 0 Å². The molecule has 0 bridgehead atoms. The zero-order valence-electron chi connectivity index (χ0n) is 11.8. The lowest BCUT2D eigenvalue weighted by atomic mass is 10.3. The lowest BCUT2D eigenvalue weighted by Crippen LogP contribution is -2.41. The molecule has 2 rings (SSSR count). The molecule has 0 atom stereocenters. The third-order valence-corrected chi connectivity index (χ3v) is 4.84. The maximum atomic E-state index is 12.3. The number of sulfonamides is 1. The molecular weight excluding hydrogens is 328 g/mol. The first-order valence-corrected chi connectivity index (χ1v) is 8.42. The number of carbonyl (C=O) groups excluding carboxylic acids is 1. The van der Waals surface area contributed by atoms with E-state index in [-0.39, 0.29) is 10.6 Å². The highest BCUT2D eigenvalue weighted by atomic mass is 32.2. The summed E-state index contributed by atoms with van der Waals surface area (Å²) in [4.78, 5) is 14.1. The molecule has 0 saturated heterocycles. The highest BCUT2D eigenvalue weighted by Crippen LogP contribution is 2.27. The van der Waals surface area contributed by atoms with Crippen LogP contribution in [0.25, 0.3) is 0 Å². The molecule has 1 aromatic heterocycles. The first-order valence-electron chi connectivity index (χ1n) is 6.05. The van der Waals surface area contributed by atoms with E-state index in [1.807, 2.05) is 4.83 Å². The number of hydrogen-bond acceptors (Lipinski definition) is 6. The summed E-state index contributed by atoms with van der Waals surface area (Å²) >= 11 is 1.20. The van der Waals surface area contributed by atoms with Crippen LogP contribution in [0.5, 0.6) is 11.5 Å². The van der Waals surface area contributed by atoms with Gasteiger partial charge < -0.3 is 9.47 Å². The van der Waals surface area contributed by atoms with E-state index in [0.29, 0.717) is 10.6 Å². The summed E-state index contributed by atoms with van der Waals surface area (Å²) in [6, 6.07) is 7.62. The molecule has 0 aliphatic heterocycles. The fourth-order valence-corrected chi connectivity index (χ4v) is 3.28. The van der Waals surface area contributed by atoms with Crippen LogP contribution in [0.3, 0.4) is 0 Å². The summed E-state index contributed by atoms with van der Waals surface area (Å²) in [6.07, 6.45) is 0. The van der Waals surface area contributed by atoms with Crippen LogP contribution in [0.2, 0.25) is 0 Å². The highest BCUT2D eigenvalue weighted by molar-refractivity contribution is 7.89. The molecule has 2 aromatic rings. The van der Waals surface area contributed by atoms with E-state index < -0.39 is 15.9 Å². The normalized spacial score (nSPS) is 11.0. The van der Waals surface area contributed by atoms with Gasteiger partial charge in [-0.25, -0.2) is 8.42 Å². The number of carbonyl (C=O) groups is 1. The molecule has 0 spiro atoms. The molecule has 0 radical (unpaired) electrons. The Hall–Kier alpha value is -2.10. The van der Waals surface area contributed by atoms with Crippen LogP contribution in [0.15, 0.2) is 40.6 Å². The minimum atomic E-state index is -4.00. The third-order valence-electron chi connectivity index (χ3n) is 2.70. The number of rotatable bonds is 6. The average Bonchev–Trinajstić information content (AvgIpc) is 3.06. The van der Waals surface area contributed by atoms with Gasteiger partial charge in [0.25, 0.3) is 15.9 Å². The fourth-order valence-electron chi connectivity index (χ4n) is 1.63. The van der Waals surface area contributed by atoms with Gasteiger partial charge in [0.15, 0.2) is 0 Å². The van der Waals surface area contributed by atoms with E-state index in [2.05, 4.69) is 5.43 Å². The van der Waals surface area contributed by atoms with Gasteiger partial charge in [-0.3, -0.25) is 10.2 Å². The van der Waals surface area contributed by atoms with Crippen molar-refractivity contribution in [1.82, 2.24) is 10.3 Å². The van der Waals surface area contributed by atoms with Crippen molar-refractivity contribution in [3.63, 3.8) is 0 Å². The molecule has 0 saturated carbocycles. The zero-order chi connectivity index (χ0) is 16.2. The van der Waals surface area contributed by atoms with E-state index in [4.69, 9.17) is 9.47 Å². The Morgan fingerprint density at radius 2 is 1.95 bits per heavy atom. The first kappa shape index (κ1) is 16.3. The fraction of sp³-hybridized carbons (Fsp3) is 0.154. The van der Waals surface area contributed by atoms with Crippen LogP contribution in [0.4, 0.5) is 0 Å². The van der Waals surface area contributed by atoms with Crippen molar-refractivity contribution in [2.24, 2.45) is 0 Å². The number of nitrogens with one attached hydrogen (secondary N) is 2. The van der Waals surface area contributed by atoms with Crippen molar-refractivity contribution in [2.75, 3.05) is 14.2 Å². The van der Waals surface area contributed by atoms with E-state index >= 15 is 0 Å². The zero-order valence-corrected chi connectivity index (χ0v) is 13.5. The number of benzene rings is 1. The number of methoxy groups -OCH3 is 2. The molecule has 1 aromatic carbocycles. The molecule has 0 aliphatic carbocycles. The summed E-state index contributed by atoms with van der Waals surface area (Å²) in [5, 5.41) is 1.72. The predicted molar refractivity (Wildman–Crippen MR) is 81.7 cm³/mol. The van der Waals surface area contributed by atoms with Gasteiger partial charge in [0.1, 0.15) is 16.4 Å². The highest BCUT2D eigenvalue weighted by Gasteiger charge is 2.21. The predicted octanol–water partition coefficient (Wildman–Crippen LogP) is 1.39. The number of hydrogen-bond donors (Lipinski definition) is 2. The second-order valence-corrected chi connectivity index (χ2v) is 6.65. The Labute approximate surface area is 131 Å². The lowest BCUT2D eigenvalue weighted by Gasteiger charge is -2.12. The summed E-state index contributed by atoms with van der Waals surface area (Å²) < 4.78 is 34.6. The summed E-state index contributed by atoms with van der Waals surface area (Å²) in [7, 11) is -1.23. The van der Waals surface area contributed by atoms with Gasteiger partial charge in [-0.15, -0.1) is 16.2 Å². The largest absolute Gasteiger partial charge is 0.497 e. The first-order chi connectivity index (χ1) is 10.5. The molecule has 0 aliphatic rings. The monoisotopic (exact) mass is 342 g/mol.